The molecule has 0 radical (unpaired) electrons. The number of nitrogens with zero attached hydrogens (tertiary/aromatic N) is 1. The van der Waals surface area contributed by atoms with Crippen LogP contribution < -0.4 is 15.0 Å². The van der Waals surface area contributed by atoms with Crippen LogP contribution in [0.25, 0.3) is 0 Å². The predicted octanol–water partition coefficient (Wildman–Crippen LogP) is 3.03. The summed E-state index contributed by atoms with van der Waals surface area (Å²) in [6.45, 7) is 1.00. The van der Waals surface area contributed by atoms with Crippen molar-refractivity contribution in [1.29, 1.82) is 0 Å². The molecular weight excluding hydrogens is 302 g/mol. The zero-order valence-corrected chi connectivity index (χ0v) is 13.2. The number of nitrogens with one attached hydrogen (secondary N) is 1. The fourth-order valence-electron chi connectivity index (χ4n) is 3.12. The van der Waals surface area contributed by atoms with Crippen LogP contribution in [-0.2, 0) is 4.79 Å². The van der Waals surface area contributed by atoms with Gasteiger partial charge < -0.3 is 15.0 Å². The lowest BCUT2D eigenvalue weighted by atomic mass is 10.0. The lowest BCUT2D eigenvalue weighted by molar-refractivity contribution is -0.123. The number of anilines is 1. The van der Waals surface area contributed by atoms with Gasteiger partial charge in [-0.2, -0.15) is 8.78 Å². The fourth-order valence-corrected chi connectivity index (χ4v) is 3.12. The molecule has 6 heteroatoms. The molecular formula is C17H22F2N2O2. The van der Waals surface area contributed by atoms with E-state index in [4.69, 9.17) is 0 Å². The van der Waals surface area contributed by atoms with Crippen LogP contribution in [0.1, 0.15) is 26.2 Å². The van der Waals surface area contributed by atoms with E-state index in [1.165, 1.54) is 0 Å². The maximum atomic E-state index is 12.1. The molecule has 0 bridgehead atoms. The van der Waals surface area contributed by atoms with Crippen molar-refractivity contribution in [2.75, 3.05) is 18.0 Å². The summed E-state index contributed by atoms with van der Waals surface area (Å²) in [4.78, 5) is 14.2. The largest absolute Gasteiger partial charge is 0.435 e. The van der Waals surface area contributed by atoms with Gasteiger partial charge in [-0.3, -0.25) is 4.79 Å². The van der Waals surface area contributed by atoms with Gasteiger partial charge in [-0.15, -0.1) is 0 Å². The number of carbonyl (C=O) groups is 1. The van der Waals surface area contributed by atoms with Crippen molar-refractivity contribution >= 4 is 11.6 Å². The molecule has 1 saturated carbocycles. The molecule has 1 N–H and O–H groups in total. The first-order valence-corrected chi connectivity index (χ1v) is 8.13. The molecule has 2 atom stereocenters. The molecule has 4 nitrogen and oxygen atoms in total. The molecule has 1 aliphatic carbocycles. The number of hydrogen-bond acceptors (Lipinski definition) is 3. The Balaban J connectivity index is 1.47. The highest BCUT2D eigenvalue weighted by Gasteiger charge is 2.39. The van der Waals surface area contributed by atoms with E-state index in [1.54, 1.807) is 24.3 Å². The Hall–Kier alpha value is -1.85. The van der Waals surface area contributed by atoms with Crippen LogP contribution in [0.4, 0.5) is 14.5 Å². The van der Waals surface area contributed by atoms with E-state index in [9.17, 15) is 13.6 Å². The number of benzene rings is 1. The van der Waals surface area contributed by atoms with Gasteiger partial charge in [0, 0.05) is 30.7 Å². The zero-order chi connectivity index (χ0) is 16.4. The highest BCUT2D eigenvalue weighted by Crippen LogP contribution is 2.38. The van der Waals surface area contributed by atoms with E-state index in [-0.39, 0.29) is 23.6 Å². The standard InChI is InChI=1S/C17H22F2N2O2/c1-11-10-15(11)16(22)20-12-6-8-21(9-7-12)13-2-4-14(5-3-13)23-17(18)19/h2-5,11-12,15,17H,6-10H2,1H3,(H,20,22)/t11-,15-/m1/s1. The second kappa shape index (κ2) is 6.72. The van der Waals surface area contributed by atoms with Crippen LogP contribution in [-0.4, -0.2) is 31.7 Å². The maximum absolute atomic E-state index is 12.1. The lowest BCUT2D eigenvalue weighted by Crippen LogP contribution is -2.45. The van der Waals surface area contributed by atoms with Crippen LogP contribution in [0, 0.1) is 11.8 Å². The third-order valence-corrected chi connectivity index (χ3v) is 4.71. The van der Waals surface area contributed by atoms with Crippen molar-refractivity contribution in [2.45, 2.75) is 38.8 Å². The number of piperidine rings is 1. The summed E-state index contributed by atoms with van der Waals surface area (Å²) in [6, 6.07) is 6.95. The smallest absolute Gasteiger partial charge is 0.387 e. The molecule has 1 saturated heterocycles. The Morgan fingerprint density at radius 1 is 1.26 bits per heavy atom. The number of rotatable bonds is 5. The summed E-state index contributed by atoms with van der Waals surface area (Å²) < 4.78 is 28.6. The quantitative estimate of drug-likeness (QED) is 0.905. The Kier molecular flexibility index (Phi) is 4.68. The predicted molar refractivity (Wildman–Crippen MR) is 83.7 cm³/mol. The summed E-state index contributed by atoms with van der Waals surface area (Å²) >= 11 is 0. The third kappa shape index (κ3) is 4.12. The molecule has 3 rings (SSSR count). The van der Waals surface area contributed by atoms with Gasteiger partial charge in [0.25, 0.3) is 0 Å². The molecule has 0 spiro atoms. The first-order chi connectivity index (χ1) is 11.0. The molecule has 1 aromatic carbocycles. The summed E-state index contributed by atoms with van der Waals surface area (Å²) in [5.41, 5.74) is 0.993. The Labute approximate surface area is 134 Å². The molecule has 126 valence electrons. The number of alkyl halides is 2. The average molecular weight is 324 g/mol. The Morgan fingerprint density at radius 2 is 1.87 bits per heavy atom. The SMILES string of the molecule is C[C@@H]1C[C@H]1C(=O)NC1CCN(c2ccc(OC(F)F)cc2)CC1. The summed E-state index contributed by atoms with van der Waals surface area (Å²) in [6.07, 6.45) is 2.82. The monoisotopic (exact) mass is 324 g/mol. The van der Waals surface area contributed by atoms with E-state index in [1.807, 2.05) is 0 Å². The molecule has 1 amide bonds. The van der Waals surface area contributed by atoms with Gasteiger partial charge in [-0.25, -0.2) is 0 Å². The van der Waals surface area contributed by atoms with Crippen LogP contribution in [0.15, 0.2) is 24.3 Å². The topological polar surface area (TPSA) is 41.6 Å². The normalized spacial score (nSPS) is 24.6. The molecule has 0 aromatic heterocycles. The van der Waals surface area contributed by atoms with Gasteiger partial charge in [0.15, 0.2) is 0 Å². The molecule has 1 heterocycles. The summed E-state index contributed by atoms with van der Waals surface area (Å²) in [5.74, 6) is 1.12. The first kappa shape index (κ1) is 16.0. The second-order valence-electron chi connectivity index (χ2n) is 6.46. The molecule has 1 aromatic rings. The van der Waals surface area contributed by atoms with Crippen molar-refractivity contribution in [3.8, 4) is 5.75 Å². The maximum Gasteiger partial charge on any atom is 0.387 e. The van der Waals surface area contributed by atoms with E-state index in [0.29, 0.717) is 5.92 Å². The lowest BCUT2D eigenvalue weighted by Gasteiger charge is -2.34. The third-order valence-electron chi connectivity index (χ3n) is 4.71. The first-order valence-electron chi connectivity index (χ1n) is 8.13. The van der Waals surface area contributed by atoms with Crippen molar-refractivity contribution in [1.82, 2.24) is 5.32 Å². The van der Waals surface area contributed by atoms with Crippen LogP contribution in [0.2, 0.25) is 0 Å². The van der Waals surface area contributed by atoms with Crippen molar-refractivity contribution in [3.05, 3.63) is 24.3 Å². The van der Waals surface area contributed by atoms with Crippen LogP contribution >= 0.6 is 0 Å². The minimum absolute atomic E-state index is 0.171. The van der Waals surface area contributed by atoms with E-state index >= 15 is 0 Å². The van der Waals surface area contributed by atoms with Crippen LogP contribution in [0.5, 0.6) is 5.75 Å². The zero-order valence-electron chi connectivity index (χ0n) is 13.2. The van der Waals surface area contributed by atoms with Gasteiger partial charge in [0.1, 0.15) is 5.75 Å². The molecule has 2 aliphatic rings. The number of ether oxygens (including phenoxy) is 1. The molecule has 1 aliphatic heterocycles. The minimum Gasteiger partial charge on any atom is -0.435 e. The van der Waals surface area contributed by atoms with E-state index < -0.39 is 6.61 Å². The van der Waals surface area contributed by atoms with Gasteiger partial charge >= 0.3 is 6.61 Å². The van der Waals surface area contributed by atoms with Gasteiger partial charge in [-0.1, -0.05) is 6.92 Å². The Bertz CT molecular complexity index is 542. The van der Waals surface area contributed by atoms with Crippen molar-refractivity contribution in [2.24, 2.45) is 11.8 Å². The Morgan fingerprint density at radius 3 is 2.39 bits per heavy atom. The van der Waals surface area contributed by atoms with Crippen LogP contribution in [0.3, 0.4) is 0 Å². The number of amides is 1. The molecule has 2 fully saturated rings. The van der Waals surface area contributed by atoms with Gasteiger partial charge in [0.05, 0.1) is 0 Å². The van der Waals surface area contributed by atoms with Gasteiger partial charge in [-0.05, 0) is 49.4 Å². The fraction of sp³-hybridized carbons (Fsp3) is 0.588. The highest BCUT2D eigenvalue weighted by molar-refractivity contribution is 5.81. The number of carbonyl (C=O) groups excluding carboxylic acids is 1. The highest BCUT2D eigenvalue weighted by atomic mass is 19.3. The number of halogens is 2. The van der Waals surface area contributed by atoms with Crippen molar-refractivity contribution < 1.29 is 18.3 Å². The summed E-state index contributed by atoms with van der Waals surface area (Å²) in [5, 5.41) is 3.14. The minimum atomic E-state index is -2.80. The average Bonchev–Trinajstić information content (AvgIpc) is 3.25. The summed E-state index contributed by atoms with van der Waals surface area (Å²) in [7, 11) is 0. The van der Waals surface area contributed by atoms with Crippen molar-refractivity contribution in [3.63, 3.8) is 0 Å². The second-order valence-corrected chi connectivity index (χ2v) is 6.46. The number of hydrogen-bond donors (Lipinski definition) is 1. The van der Waals surface area contributed by atoms with E-state index in [0.717, 1.165) is 38.0 Å². The molecule has 0 unspecified atom stereocenters. The van der Waals surface area contributed by atoms with E-state index in [2.05, 4.69) is 21.9 Å². The van der Waals surface area contributed by atoms with Gasteiger partial charge in [0.2, 0.25) is 5.91 Å². The molecule has 23 heavy (non-hydrogen) atoms.